The van der Waals surface area contributed by atoms with Gasteiger partial charge in [-0.1, -0.05) is 37.1 Å². The number of aromatic nitrogens is 1. The maximum absolute atomic E-state index is 14.7. The first-order chi connectivity index (χ1) is 19.2. The van der Waals surface area contributed by atoms with Crippen LogP contribution in [0, 0.1) is 11.7 Å². The van der Waals surface area contributed by atoms with Crippen molar-refractivity contribution >= 4 is 46.5 Å². The molecular formula is C30H28ClFN4O4. The number of carbonyl (C=O) groups is 3. The van der Waals surface area contributed by atoms with Crippen LogP contribution in [0.5, 0.6) is 0 Å². The molecule has 0 aliphatic carbocycles. The Labute approximate surface area is 235 Å². The summed E-state index contributed by atoms with van der Waals surface area (Å²) < 4.78 is 14.7. The van der Waals surface area contributed by atoms with Crippen LogP contribution in [-0.2, 0) is 9.59 Å². The highest BCUT2D eigenvalue weighted by Crippen LogP contribution is 2.37. The summed E-state index contributed by atoms with van der Waals surface area (Å²) in [5, 5.41) is 14.4. The molecule has 3 heterocycles. The Morgan fingerprint density at radius 1 is 1.15 bits per heavy atom. The van der Waals surface area contributed by atoms with Crippen molar-refractivity contribution in [2.45, 2.75) is 38.6 Å². The van der Waals surface area contributed by atoms with Gasteiger partial charge in [-0.3, -0.25) is 19.9 Å². The van der Waals surface area contributed by atoms with Gasteiger partial charge in [-0.25, -0.2) is 9.18 Å². The van der Waals surface area contributed by atoms with E-state index in [0.29, 0.717) is 66.0 Å². The van der Waals surface area contributed by atoms with Crippen LogP contribution in [0.3, 0.4) is 0 Å². The van der Waals surface area contributed by atoms with E-state index < -0.39 is 11.9 Å². The number of nitrogens with one attached hydrogen (secondary N) is 2. The third-order valence-electron chi connectivity index (χ3n) is 7.41. The van der Waals surface area contributed by atoms with Gasteiger partial charge >= 0.3 is 6.09 Å². The van der Waals surface area contributed by atoms with E-state index in [2.05, 4.69) is 15.6 Å². The summed E-state index contributed by atoms with van der Waals surface area (Å²) in [6.07, 6.45) is 4.33. The predicted octanol–water partition coefficient (Wildman–Crippen LogP) is 6.75. The van der Waals surface area contributed by atoms with E-state index >= 15 is 0 Å². The zero-order chi connectivity index (χ0) is 28.4. The Kier molecular flexibility index (Phi) is 7.84. The molecule has 2 aromatic carbocycles. The maximum atomic E-state index is 14.7. The Bertz CT molecular complexity index is 1530. The predicted molar refractivity (Wildman–Crippen MR) is 151 cm³/mol. The van der Waals surface area contributed by atoms with E-state index in [-0.39, 0.29) is 28.8 Å². The minimum absolute atomic E-state index is 0.0150. The first kappa shape index (κ1) is 27.3. The number of rotatable bonds is 3. The van der Waals surface area contributed by atoms with Crippen LogP contribution in [0.1, 0.15) is 49.8 Å². The van der Waals surface area contributed by atoms with Crippen molar-refractivity contribution in [3.05, 3.63) is 82.8 Å². The number of halogens is 2. The summed E-state index contributed by atoms with van der Waals surface area (Å²) in [5.74, 6) is -1.25. The lowest BCUT2D eigenvalue weighted by molar-refractivity contribution is -0.129. The van der Waals surface area contributed by atoms with Crippen LogP contribution in [0.25, 0.3) is 16.8 Å². The average Bonchev–Trinajstić information content (AvgIpc) is 2.92. The van der Waals surface area contributed by atoms with E-state index in [1.54, 1.807) is 41.4 Å². The van der Waals surface area contributed by atoms with Crippen molar-refractivity contribution in [3.63, 3.8) is 0 Å². The van der Waals surface area contributed by atoms with Crippen molar-refractivity contribution in [2.75, 3.05) is 17.2 Å². The summed E-state index contributed by atoms with van der Waals surface area (Å²) in [6, 6.07) is 13.2. The van der Waals surface area contributed by atoms with Gasteiger partial charge in [0.25, 0.3) is 0 Å². The van der Waals surface area contributed by atoms with Gasteiger partial charge < -0.3 is 15.3 Å². The maximum Gasteiger partial charge on any atom is 0.409 e. The highest BCUT2D eigenvalue weighted by molar-refractivity contribution is 6.31. The van der Waals surface area contributed by atoms with Crippen molar-refractivity contribution < 1.29 is 23.9 Å². The smallest absolute Gasteiger partial charge is 0.409 e. The zero-order valence-electron chi connectivity index (χ0n) is 21.8. The first-order valence-electron chi connectivity index (χ1n) is 13.1. The number of amides is 3. The molecule has 40 heavy (non-hydrogen) atoms. The molecule has 0 saturated heterocycles. The van der Waals surface area contributed by atoms with Crippen LogP contribution >= 0.6 is 11.6 Å². The number of pyridine rings is 1. The first-order valence-corrected chi connectivity index (χ1v) is 13.5. The second-order valence-electron chi connectivity index (χ2n) is 10.1. The highest BCUT2D eigenvalue weighted by Gasteiger charge is 2.30. The van der Waals surface area contributed by atoms with Crippen molar-refractivity contribution in [1.82, 2.24) is 9.88 Å². The molecule has 0 spiro atoms. The Hall–Kier alpha value is -4.24. The Balaban J connectivity index is 1.52. The van der Waals surface area contributed by atoms with E-state index in [1.165, 1.54) is 12.1 Å². The van der Waals surface area contributed by atoms with E-state index in [1.807, 2.05) is 19.1 Å². The molecule has 2 atom stereocenters. The number of hydrogen-bond donors (Lipinski definition) is 3. The van der Waals surface area contributed by atoms with Gasteiger partial charge in [0.15, 0.2) is 0 Å². The van der Waals surface area contributed by atoms with Crippen LogP contribution < -0.4 is 10.6 Å². The molecule has 3 N–H and O–H groups in total. The van der Waals surface area contributed by atoms with Gasteiger partial charge in [0.1, 0.15) is 5.82 Å². The van der Waals surface area contributed by atoms with Crippen LogP contribution in [-0.4, -0.2) is 39.4 Å². The molecule has 10 heteroatoms. The topological polar surface area (TPSA) is 112 Å². The molecule has 1 aromatic heterocycles. The van der Waals surface area contributed by atoms with Gasteiger partial charge in [-0.15, -0.1) is 0 Å². The Morgan fingerprint density at radius 2 is 1.98 bits per heavy atom. The summed E-state index contributed by atoms with van der Waals surface area (Å²) in [5.41, 5.74) is 3.79. The van der Waals surface area contributed by atoms with Crippen LogP contribution in [0.4, 0.5) is 20.6 Å². The van der Waals surface area contributed by atoms with Crippen LogP contribution in [0.15, 0.2) is 60.8 Å². The van der Waals surface area contributed by atoms with Crippen molar-refractivity contribution in [3.8, 4) is 11.3 Å². The third kappa shape index (κ3) is 5.70. The normalized spacial score (nSPS) is 19.5. The fourth-order valence-corrected chi connectivity index (χ4v) is 5.48. The van der Waals surface area contributed by atoms with Crippen molar-refractivity contribution in [1.29, 1.82) is 0 Å². The molecule has 2 aliphatic heterocycles. The minimum Gasteiger partial charge on any atom is -0.465 e. The number of nitrogens with zero attached hydrogens (tertiary/aromatic N) is 2. The SMILES string of the molecule is C[C@H]1CCC[C@H](N2CCC(c3cccc(Cl)c3F)=CC2=O)c2ccnc(c2)-c2ccc(NC(=O)O)cc2NC1=O. The molecule has 2 aliphatic rings. The monoisotopic (exact) mass is 562 g/mol. The van der Waals surface area contributed by atoms with Gasteiger partial charge in [-0.2, -0.15) is 0 Å². The number of anilines is 2. The highest BCUT2D eigenvalue weighted by atomic mass is 35.5. The molecule has 2 bridgehead atoms. The molecule has 206 valence electrons. The summed E-state index contributed by atoms with van der Waals surface area (Å²) in [4.78, 5) is 44.0. The number of fused-ring (bicyclic) bond motifs is 4. The third-order valence-corrected chi connectivity index (χ3v) is 7.70. The molecule has 5 rings (SSSR count). The molecule has 0 unspecified atom stereocenters. The number of benzene rings is 2. The lowest BCUT2D eigenvalue weighted by Crippen LogP contribution is -2.37. The summed E-state index contributed by atoms with van der Waals surface area (Å²) >= 11 is 5.97. The van der Waals surface area contributed by atoms with Gasteiger partial charge in [0, 0.05) is 41.5 Å². The number of carboxylic acid groups (broad SMARTS) is 1. The average molecular weight is 563 g/mol. The van der Waals surface area contributed by atoms with Gasteiger partial charge in [-0.05, 0) is 66.8 Å². The van der Waals surface area contributed by atoms with Gasteiger partial charge in [0.2, 0.25) is 11.8 Å². The second-order valence-corrected chi connectivity index (χ2v) is 10.5. The lowest BCUT2D eigenvalue weighted by Gasteiger charge is -2.35. The zero-order valence-corrected chi connectivity index (χ0v) is 22.5. The molecule has 3 aromatic rings. The molecule has 8 nitrogen and oxygen atoms in total. The molecule has 0 saturated carbocycles. The molecular weight excluding hydrogens is 535 g/mol. The van der Waals surface area contributed by atoms with E-state index in [9.17, 15) is 18.8 Å². The molecule has 0 fully saturated rings. The lowest BCUT2D eigenvalue weighted by atomic mass is 9.91. The van der Waals surface area contributed by atoms with Gasteiger partial charge in [0.05, 0.1) is 22.4 Å². The molecule has 3 amide bonds. The molecule has 0 radical (unpaired) electrons. The Morgan fingerprint density at radius 3 is 2.75 bits per heavy atom. The number of carbonyl (C=O) groups excluding carboxylic acids is 2. The minimum atomic E-state index is -1.21. The summed E-state index contributed by atoms with van der Waals surface area (Å²) in [7, 11) is 0. The number of hydrogen-bond acceptors (Lipinski definition) is 4. The standard InChI is InChI=1S/C30H28ClFN4O4/c1-17-4-2-7-26(36-13-11-18(15-27(36)37)21-5-3-6-23(31)28(21)32)19-10-12-33-24(14-19)22-9-8-20(34-30(39)40)16-25(22)35-29(17)38/h3,5-6,8-10,12,14-17,26,34H,2,4,7,11,13H2,1H3,(H,35,38)(H,39,40)/t17-,26-/m0/s1. The van der Waals surface area contributed by atoms with E-state index in [4.69, 9.17) is 16.7 Å². The van der Waals surface area contributed by atoms with E-state index in [0.717, 1.165) is 5.56 Å². The largest absolute Gasteiger partial charge is 0.465 e. The fraction of sp³-hybridized carbons (Fsp3) is 0.267. The second kappa shape index (κ2) is 11.5. The van der Waals surface area contributed by atoms with Crippen LogP contribution in [0.2, 0.25) is 5.02 Å². The quantitative estimate of drug-likeness (QED) is 0.327. The van der Waals surface area contributed by atoms with Crippen molar-refractivity contribution in [2.24, 2.45) is 5.92 Å². The summed E-state index contributed by atoms with van der Waals surface area (Å²) in [6.45, 7) is 2.24. The fourth-order valence-electron chi connectivity index (χ4n) is 5.31.